The van der Waals surface area contributed by atoms with Gasteiger partial charge in [-0.1, -0.05) is 30.3 Å². The zero-order valence-corrected chi connectivity index (χ0v) is 15.4. The lowest BCUT2D eigenvalue weighted by atomic mass is 9.88. The Bertz CT molecular complexity index is 789. The monoisotopic (exact) mass is 360 g/mol. The van der Waals surface area contributed by atoms with Crippen molar-refractivity contribution in [2.24, 2.45) is 0 Å². The number of aromatic nitrogens is 1. The van der Waals surface area contributed by atoms with Crippen molar-refractivity contribution in [3.8, 4) is 11.1 Å². The standard InChI is InChI=1S/C19H24N2O3S/c1-14(2)25(22,23)21-19-9-11-24-13-18(19)16-7-5-15(6-8-16)17-4-3-10-20-12-17/h3-8,10,12,14,18-19,21H,9,11,13H2,1-2H3. The maximum absolute atomic E-state index is 12.3. The second-order valence-corrected chi connectivity index (χ2v) is 8.92. The molecular weight excluding hydrogens is 336 g/mol. The van der Waals surface area contributed by atoms with Crippen LogP contribution in [0.25, 0.3) is 11.1 Å². The van der Waals surface area contributed by atoms with Gasteiger partial charge in [-0.3, -0.25) is 4.98 Å². The molecule has 6 heteroatoms. The summed E-state index contributed by atoms with van der Waals surface area (Å²) in [6, 6.07) is 12.0. The van der Waals surface area contributed by atoms with Gasteiger partial charge in [0.2, 0.25) is 10.0 Å². The van der Waals surface area contributed by atoms with E-state index in [2.05, 4.69) is 34.0 Å². The molecule has 1 aromatic heterocycles. The van der Waals surface area contributed by atoms with Crippen molar-refractivity contribution in [2.75, 3.05) is 13.2 Å². The molecule has 0 amide bonds. The van der Waals surface area contributed by atoms with Gasteiger partial charge in [-0.05, 0) is 43.0 Å². The van der Waals surface area contributed by atoms with Gasteiger partial charge in [0.1, 0.15) is 0 Å². The van der Waals surface area contributed by atoms with Crippen LogP contribution in [0.5, 0.6) is 0 Å². The van der Waals surface area contributed by atoms with Gasteiger partial charge in [-0.15, -0.1) is 0 Å². The smallest absolute Gasteiger partial charge is 0.214 e. The van der Waals surface area contributed by atoms with E-state index in [1.54, 1.807) is 20.0 Å². The summed E-state index contributed by atoms with van der Waals surface area (Å²) in [6.45, 7) is 4.49. The largest absolute Gasteiger partial charge is 0.381 e. The van der Waals surface area contributed by atoms with Crippen LogP contribution in [0.1, 0.15) is 31.7 Å². The third kappa shape index (κ3) is 4.26. The Balaban J connectivity index is 1.81. The molecule has 1 aliphatic rings. The normalized spacial score (nSPS) is 21.4. The molecule has 25 heavy (non-hydrogen) atoms. The van der Waals surface area contributed by atoms with E-state index in [-0.39, 0.29) is 12.0 Å². The van der Waals surface area contributed by atoms with Crippen molar-refractivity contribution >= 4 is 10.0 Å². The molecule has 3 rings (SSSR count). The number of benzene rings is 1. The Labute approximate surface area is 149 Å². The minimum absolute atomic E-state index is 0.0187. The van der Waals surface area contributed by atoms with Crippen molar-refractivity contribution in [1.82, 2.24) is 9.71 Å². The van der Waals surface area contributed by atoms with Crippen LogP contribution in [0.4, 0.5) is 0 Å². The molecule has 1 aromatic carbocycles. The first-order valence-corrected chi connectivity index (χ1v) is 10.1. The maximum Gasteiger partial charge on any atom is 0.214 e. The first-order chi connectivity index (χ1) is 12.0. The molecule has 0 radical (unpaired) electrons. The van der Waals surface area contributed by atoms with Gasteiger partial charge in [0, 0.05) is 31.0 Å². The van der Waals surface area contributed by atoms with E-state index in [1.807, 2.05) is 18.3 Å². The number of pyridine rings is 1. The lowest BCUT2D eigenvalue weighted by molar-refractivity contribution is 0.0653. The molecule has 2 atom stereocenters. The van der Waals surface area contributed by atoms with E-state index in [0.717, 1.165) is 16.7 Å². The lowest BCUT2D eigenvalue weighted by Crippen LogP contribution is -2.46. The van der Waals surface area contributed by atoms with E-state index in [1.165, 1.54) is 0 Å². The average molecular weight is 360 g/mol. The molecule has 1 saturated heterocycles. The van der Waals surface area contributed by atoms with Crippen LogP contribution in [0, 0.1) is 0 Å². The van der Waals surface area contributed by atoms with Crippen LogP contribution in [-0.4, -0.2) is 37.9 Å². The van der Waals surface area contributed by atoms with Crippen molar-refractivity contribution in [3.05, 3.63) is 54.4 Å². The third-order valence-corrected chi connectivity index (χ3v) is 6.50. The van der Waals surface area contributed by atoms with Crippen LogP contribution in [-0.2, 0) is 14.8 Å². The highest BCUT2D eigenvalue weighted by molar-refractivity contribution is 7.90. The molecule has 1 fully saturated rings. The summed E-state index contributed by atoms with van der Waals surface area (Å²) in [5, 5.41) is -0.441. The maximum atomic E-state index is 12.3. The second kappa shape index (κ2) is 7.64. The summed E-state index contributed by atoms with van der Waals surface area (Å²) in [5.41, 5.74) is 3.24. The van der Waals surface area contributed by atoms with E-state index < -0.39 is 15.3 Å². The fraction of sp³-hybridized carbons (Fsp3) is 0.421. The number of nitrogens with one attached hydrogen (secondary N) is 1. The first-order valence-electron chi connectivity index (χ1n) is 8.56. The molecule has 0 bridgehead atoms. The minimum atomic E-state index is -3.30. The molecule has 2 aromatic rings. The van der Waals surface area contributed by atoms with E-state index >= 15 is 0 Å². The summed E-state index contributed by atoms with van der Waals surface area (Å²) in [6.07, 6.45) is 4.27. The summed E-state index contributed by atoms with van der Waals surface area (Å²) < 4.78 is 33.0. The summed E-state index contributed by atoms with van der Waals surface area (Å²) in [5.74, 6) is 0.0187. The summed E-state index contributed by atoms with van der Waals surface area (Å²) in [4.78, 5) is 4.15. The zero-order valence-electron chi connectivity index (χ0n) is 14.6. The molecule has 134 valence electrons. The van der Waals surface area contributed by atoms with Gasteiger partial charge in [-0.2, -0.15) is 0 Å². The molecule has 0 spiro atoms. The summed E-state index contributed by atoms with van der Waals surface area (Å²) in [7, 11) is -3.30. The van der Waals surface area contributed by atoms with Gasteiger partial charge < -0.3 is 4.74 Å². The molecule has 5 nitrogen and oxygen atoms in total. The predicted molar refractivity (Wildman–Crippen MR) is 98.8 cm³/mol. The molecule has 0 saturated carbocycles. The number of sulfonamides is 1. The van der Waals surface area contributed by atoms with E-state index in [9.17, 15) is 8.42 Å². The number of hydrogen-bond acceptors (Lipinski definition) is 4. The molecule has 1 N–H and O–H groups in total. The fourth-order valence-corrected chi connectivity index (χ4v) is 3.99. The zero-order chi connectivity index (χ0) is 17.9. The topological polar surface area (TPSA) is 68.3 Å². The fourth-order valence-electron chi connectivity index (χ4n) is 3.01. The van der Waals surface area contributed by atoms with Crippen LogP contribution in [0.15, 0.2) is 48.8 Å². The lowest BCUT2D eigenvalue weighted by Gasteiger charge is -2.33. The highest BCUT2D eigenvalue weighted by Crippen LogP contribution is 2.29. The van der Waals surface area contributed by atoms with Crippen LogP contribution < -0.4 is 4.72 Å². The molecule has 2 unspecified atom stereocenters. The van der Waals surface area contributed by atoms with Crippen molar-refractivity contribution in [2.45, 2.75) is 37.5 Å². The third-order valence-electron chi connectivity index (χ3n) is 4.63. The Hall–Kier alpha value is -1.76. The van der Waals surface area contributed by atoms with Crippen molar-refractivity contribution in [1.29, 1.82) is 0 Å². The highest BCUT2D eigenvalue weighted by atomic mass is 32.2. The van der Waals surface area contributed by atoms with Crippen LogP contribution >= 0.6 is 0 Å². The van der Waals surface area contributed by atoms with Crippen LogP contribution in [0.2, 0.25) is 0 Å². The molecule has 0 aliphatic carbocycles. The Morgan fingerprint density at radius 3 is 2.56 bits per heavy atom. The minimum Gasteiger partial charge on any atom is -0.381 e. The number of rotatable bonds is 5. The SMILES string of the molecule is CC(C)S(=O)(=O)NC1CCOCC1c1ccc(-c2cccnc2)cc1. The summed E-state index contributed by atoms with van der Waals surface area (Å²) >= 11 is 0. The molecule has 1 aliphatic heterocycles. The van der Waals surface area contributed by atoms with Gasteiger partial charge in [0.25, 0.3) is 0 Å². The van der Waals surface area contributed by atoms with Gasteiger partial charge in [0.05, 0.1) is 11.9 Å². The van der Waals surface area contributed by atoms with Crippen molar-refractivity contribution < 1.29 is 13.2 Å². The Morgan fingerprint density at radius 2 is 1.92 bits per heavy atom. The second-order valence-electron chi connectivity index (χ2n) is 6.65. The molecule has 2 heterocycles. The number of nitrogens with zero attached hydrogens (tertiary/aromatic N) is 1. The molecular formula is C19H24N2O3S. The first kappa shape index (κ1) is 18.0. The van der Waals surface area contributed by atoms with Crippen molar-refractivity contribution in [3.63, 3.8) is 0 Å². The van der Waals surface area contributed by atoms with Gasteiger partial charge in [0.15, 0.2) is 0 Å². The average Bonchev–Trinajstić information content (AvgIpc) is 2.63. The number of hydrogen-bond donors (Lipinski definition) is 1. The van der Waals surface area contributed by atoms with E-state index in [0.29, 0.717) is 19.6 Å². The Morgan fingerprint density at radius 1 is 1.16 bits per heavy atom. The predicted octanol–water partition coefficient (Wildman–Crippen LogP) is 2.95. The Kier molecular flexibility index (Phi) is 5.51. The quantitative estimate of drug-likeness (QED) is 0.890. The van der Waals surface area contributed by atoms with E-state index in [4.69, 9.17) is 4.74 Å². The number of ether oxygens (including phenoxy) is 1. The van der Waals surface area contributed by atoms with Gasteiger partial charge >= 0.3 is 0 Å². The highest BCUT2D eigenvalue weighted by Gasteiger charge is 2.31. The van der Waals surface area contributed by atoms with Crippen LogP contribution in [0.3, 0.4) is 0 Å². The van der Waals surface area contributed by atoms with Gasteiger partial charge in [-0.25, -0.2) is 13.1 Å².